The van der Waals surface area contributed by atoms with Crippen LogP contribution in [0.5, 0.6) is 0 Å². The fourth-order valence-corrected chi connectivity index (χ4v) is 4.57. The largest absolute Gasteiger partial charge is 0.372 e. The molecule has 3 heterocycles. The Bertz CT molecular complexity index is 688. The van der Waals surface area contributed by atoms with Gasteiger partial charge in [0.1, 0.15) is 6.10 Å². The topological polar surface area (TPSA) is 56.9 Å². The molecule has 2 fully saturated rings. The lowest BCUT2D eigenvalue weighted by molar-refractivity contribution is -0.0328. The van der Waals surface area contributed by atoms with Gasteiger partial charge in [0, 0.05) is 44.6 Å². The monoisotopic (exact) mass is 357 g/mol. The van der Waals surface area contributed by atoms with Gasteiger partial charge >= 0.3 is 0 Å². The van der Waals surface area contributed by atoms with Crippen molar-refractivity contribution in [3.63, 3.8) is 0 Å². The van der Waals surface area contributed by atoms with Crippen molar-refractivity contribution in [3.8, 4) is 0 Å². The first-order chi connectivity index (χ1) is 12.9. The molecule has 0 bridgehead atoms. The molecule has 2 atom stereocenters. The first-order valence-electron chi connectivity index (χ1n) is 10.2. The molecule has 1 aliphatic heterocycles. The highest BCUT2D eigenvalue weighted by Crippen LogP contribution is 2.33. The summed E-state index contributed by atoms with van der Waals surface area (Å²) in [6.07, 6.45) is 11.6. The van der Waals surface area contributed by atoms with Crippen LogP contribution in [-0.2, 0) is 17.8 Å². The highest BCUT2D eigenvalue weighted by atomic mass is 16.5. The van der Waals surface area contributed by atoms with Crippen LogP contribution in [0, 0.1) is 5.92 Å². The van der Waals surface area contributed by atoms with Crippen LogP contribution in [0.3, 0.4) is 0 Å². The molecule has 0 radical (unpaired) electrons. The van der Waals surface area contributed by atoms with Crippen LogP contribution in [0.25, 0.3) is 0 Å². The van der Waals surface area contributed by atoms with Crippen LogP contribution < -0.4 is 5.32 Å². The van der Waals surface area contributed by atoms with E-state index in [0.717, 1.165) is 32.7 Å². The molecule has 1 aliphatic carbocycles. The summed E-state index contributed by atoms with van der Waals surface area (Å²) in [5.41, 5.74) is 2.53. The van der Waals surface area contributed by atoms with E-state index in [4.69, 9.17) is 4.74 Å². The van der Waals surface area contributed by atoms with E-state index in [2.05, 4.69) is 43.9 Å². The van der Waals surface area contributed by atoms with E-state index in [1.54, 1.807) is 0 Å². The second-order valence-electron chi connectivity index (χ2n) is 7.60. The Morgan fingerprint density at radius 1 is 1.12 bits per heavy atom. The van der Waals surface area contributed by atoms with Crippen molar-refractivity contribution in [1.29, 1.82) is 0 Å². The molecule has 1 saturated carbocycles. The third kappa shape index (κ3) is 3.71. The Balaban J connectivity index is 1.37. The van der Waals surface area contributed by atoms with Crippen molar-refractivity contribution < 1.29 is 4.74 Å². The molecule has 1 N–H and O–H groups in total. The minimum absolute atomic E-state index is 0.151. The Kier molecular flexibility index (Phi) is 5.70. The van der Waals surface area contributed by atoms with E-state index in [1.807, 2.05) is 12.4 Å². The minimum Gasteiger partial charge on any atom is -0.372 e. The average molecular weight is 358 g/mol. The van der Waals surface area contributed by atoms with Crippen LogP contribution in [0.2, 0.25) is 0 Å². The van der Waals surface area contributed by atoms with Gasteiger partial charge in [0.2, 0.25) is 0 Å². The maximum absolute atomic E-state index is 6.15. The van der Waals surface area contributed by atoms with E-state index in [0.29, 0.717) is 12.0 Å². The molecule has 0 spiro atoms. The zero-order chi connectivity index (χ0) is 17.8. The van der Waals surface area contributed by atoms with E-state index >= 15 is 0 Å². The molecule has 6 nitrogen and oxygen atoms in total. The number of rotatable bonds is 7. The van der Waals surface area contributed by atoms with Crippen LogP contribution in [0.4, 0.5) is 0 Å². The standard InChI is InChI=1S/C20H31N5O/c1-2-24-19(10-12-22-24)20-16(6-5-13-26-20)14-21-15-18-9-11-23-25(18)17-7-3-4-8-17/h9-12,16-17,20-21H,2-8,13-15H2,1H3/t16-,20+/m0/s1. The fraction of sp³-hybridized carbons (Fsp3) is 0.700. The normalized spacial score (nSPS) is 24.3. The number of aryl methyl sites for hydroxylation is 1. The summed E-state index contributed by atoms with van der Waals surface area (Å²) in [5, 5.41) is 12.7. The summed E-state index contributed by atoms with van der Waals surface area (Å²) in [4.78, 5) is 0. The van der Waals surface area contributed by atoms with Gasteiger partial charge in [-0.05, 0) is 44.7 Å². The number of hydrogen-bond donors (Lipinski definition) is 1. The summed E-state index contributed by atoms with van der Waals surface area (Å²) in [7, 11) is 0. The maximum atomic E-state index is 6.15. The molecule has 0 unspecified atom stereocenters. The number of nitrogens with zero attached hydrogens (tertiary/aromatic N) is 4. The summed E-state index contributed by atoms with van der Waals surface area (Å²) >= 11 is 0. The van der Waals surface area contributed by atoms with E-state index < -0.39 is 0 Å². The van der Waals surface area contributed by atoms with Crippen molar-refractivity contribution >= 4 is 0 Å². The Labute approximate surface area is 155 Å². The number of aromatic nitrogens is 4. The predicted molar refractivity (Wildman–Crippen MR) is 101 cm³/mol. The molecule has 1 saturated heterocycles. The molecule has 142 valence electrons. The zero-order valence-electron chi connectivity index (χ0n) is 15.8. The van der Waals surface area contributed by atoms with Gasteiger partial charge in [-0.3, -0.25) is 9.36 Å². The predicted octanol–water partition coefficient (Wildman–Crippen LogP) is 3.47. The van der Waals surface area contributed by atoms with Crippen molar-refractivity contribution in [2.24, 2.45) is 5.92 Å². The SMILES string of the molecule is CCn1nccc1[C@@H]1OCCC[C@H]1CNCc1ccnn1C1CCCC1. The second kappa shape index (κ2) is 8.35. The molecule has 26 heavy (non-hydrogen) atoms. The van der Waals surface area contributed by atoms with Gasteiger partial charge in [-0.1, -0.05) is 12.8 Å². The van der Waals surface area contributed by atoms with Crippen LogP contribution in [0.1, 0.15) is 69.0 Å². The third-order valence-corrected chi connectivity index (χ3v) is 5.92. The van der Waals surface area contributed by atoms with Crippen molar-refractivity contribution in [2.75, 3.05) is 13.2 Å². The van der Waals surface area contributed by atoms with E-state index in [9.17, 15) is 0 Å². The molecule has 2 aliphatic rings. The van der Waals surface area contributed by atoms with Gasteiger partial charge in [0.25, 0.3) is 0 Å². The van der Waals surface area contributed by atoms with Crippen molar-refractivity contribution in [1.82, 2.24) is 24.9 Å². The molecular formula is C20H31N5O. The van der Waals surface area contributed by atoms with Gasteiger partial charge in [0.05, 0.1) is 17.4 Å². The highest BCUT2D eigenvalue weighted by Gasteiger charge is 2.29. The lowest BCUT2D eigenvalue weighted by atomic mass is 9.92. The average Bonchev–Trinajstić information content (AvgIpc) is 3.42. The molecular weight excluding hydrogens is 326 g/mol. The smallest absolute Gasteiger partial charge is 0.103 e. The van der Waals surface area contributed by atoms with Gasteiger partial charge in [0.15, 0.2) is 0 Å². The Morgan fingerprint density at radius 2 is 1.96 bits per heavy atom. The number of ether oxygens (including phenoxy) is 1. The molecule has 0 aromatic carbocycles. The lowest BCUT2D eigenvalue weighted by Gasteiger charge is -2.32. The quantitative estimate of drug-likeness (QED) is 0.824. The summed E-state index contributed by atoms with van der Waals surface area (Å²) < 4.78 is 10.5. The van der Waals surface area contributed by atoms with Crippen LogP contribution in [0.15, 0.2) is 24.5 Å². The van der Waals surface area contributed by atoms with Gasteiger partial charge < -0.3 is 10.1 Å². The Hall–Kier alpha value is -1.66. The molecule has 2 aromatic rings. The molecule has 6 heteroatoms. The van der Waals surface area contributed by atoms with Crippen molar-refractivity contribution in [2.45, 2.75) is 70.7 Å². The van der Waals surface area contributed by atoms with Crippen LogP contribution >= 0.6 is 0 Å². The first kappa shape index (κ1) is 17.7. The summed E-state index contributed by atoms with van der Waals surface area (Å²) in [5.74, 6) is 0.494. The third-order valence-electron chi connectivity index (χ3n) is 5.92. The highest BCUT2D eigenvalue weighted by molar-refractivity contribution is 5.08. The Morgan fingerprint density at radius 3 is 2.81 bits per heavy atom. The first-order valence-corrected chi connectivity index (χ1v) is 10.2. The fourth-order valence-electron chi connectivity index (χ4n) is 4.57. The van der Waals surface area contributed by atoms with Gasteiger partial charge in [-0.2, -0.15) is 10.2 Å². The minimum atomic E-state index is 0.151. The molecule has 4 rings (SSSR count). The zero-order valence-corrected chi connectivity index (χ0v) is 15.8. The lowest BCUT2D eigenvalue weighted by Crippen LogP contribution is -2.33. The number of nitrogens with one attached hydrogen (secondary N) is 1. The summed E-state index contributed by atoms with van der Waals surface area (Å²) in [6, 6.07) is 4.88. The maximum Gasteiger partial charge on any atom is 0.103 e. The van der Waals surface area contributed by atoms with E-state index in [1.165, 1.54) is 43.5 Å². The van der Waals surface area contributed by atoms with Crippen molar-refractivity contribution in [3.05, 3.63) is 35.9 Å². The van der Waals surface area contributed by atoms with Gasteiger partial charge in [-0.15, -0.1) is 0 Å². The van der Waals surface area contributed by atoms with E-state index in [-0.39, 0.29) is 6.10 Å². The number of hydrogen-bond acceptors (Lipinski definition) is 4. The molecule has 0 amide bonds. The van der Waals surface area contributed by atoms with Crippen LogP contribution in [-0.4, -0.2) is 32.7 Å². The second-order valence-corrected chi connectivity index (χ2v) is 7.60. The van der Waals surface area contributed by atoms with Gasteiger partial charge in [-0.25, -0.2) is 0 Å². The summed E-state index contributed by atoms with van der Waals surface area (Å²) in [6.45, 7) is 5.73. The molecule has 2 aromatic heterocycles.